The number of esters is 1. The number of aromatic nitrogens is 2. The molecule has 0 aliphatic rings. The number of rotatable bonds is 5. The molecule has 0 spiro atoms. The zero-order chi connectivity index (χ0) is 19.5. The fourth-order valence-corrected chi connectivity index (χ4v) is 3.59. The minimum atomic E-state index is -0.648. The molecule has 4 aromatic rings. The van der Waals surface area contributed by atoms with E-state index in [0.717, 1.165) is 16.7 Å². The van der Waals surface area contributed by atoms with E-state index in [2.05, 4.69) is 10.2 Å². The Morgan fingerprint density at radius 3 is 2.50 bits per heavy atom. The summed E-state index contributed by atoms with van der Waals surface area (Å²) in [6, 6.07) is 19.4. The van der Waals surface area contributed by atoms with Crippen molar-refractivity contribution in [3.05, 3.63) is 82.4 Å². The summed E-state index contributed by atoms with van der Waals surface area (Å²) in [6.45, 7) is 3.75. The van der Waals surface area contributed by atoms with Gasteiger partial charge in [-0.25, -0.2) is 4.79 Å². The summed E-state index contributed by atoms with van der Waals surface area (Å²) >= 11 is 1.35. The quantitative estimate of drug-likeness (QED) is 0.410. The summed E-state index contributed by atoms with van der Waals surface area (Å²) in [5.41, 5.74) is 3.83. The Hall–Kier alpha value is -3.25. The Bertz CT molecular complexity index is 1080. The lowest BCUT2D eigenvalue weighted by Crippen LogP contribution is -2.09. The van der Waals surface area contributed by atoms with Crippen molar-refractivity contribution in [3.63, 3.8) is 0 Å². The molecule has 2 heterocycles. The third-order valence-corrected chi connectivity index (χ3v) is 5.20. The lowest BCUT2D eigenvalue weighted by Gasteiger charge is -2.10. The van der Waals surface area contributed by atoms with E-state index in [9.17, 15) is 4.79 Å². The van der Waals surface area contributed by atoms with Crippen molar-refractivity contribution in [2.45, 2.75) is 20.0 Å². The van der Waals surface area contributed by atoms with Crippen molar-refractivity contribution in [1.29, 1.82) is 0 Å². The van der Waals surface area contributed by atoms with Gasteiger partial charge in [-0.15, -0.1) is 21.5 Å². The van der Waals surface area contributed by atoms with Crippen LogP contribution in [0.25, 0.3) is 22.6 Å². The zero-order valence-corrected chi connectivity index (χ0v) is 16.3. The van der Waals surface area contributed by atoms with Crippen LogP contribution in [-0.2, 0) is 4.74 Å². The SMILES string of the molecule is Cc1ccc(-c2ccsc2C(=O)O[C@@H](C)c2nnc(-c3ccccc3)o2)cc1. The Labute approximate surface area is 166 Å². The van der Waals surface area contributed by atoms with Crippen LogP contribution in [0, 0.1) is 6.92 Å². The summed E-state index contributed by atoms with van der Waals surface area (Å²) < 4.78 is 11.3. The minimum absolute atomic E-state index is 0.264. The molecule has 0 radical (unpaired) electrons. The highest BCUT2D eigenvalue weighted by molar-refractivity contribution is 7.12. The highest BCUT2D eigenvalue weighted by atomic mass is 32.1. The molecule has 0 fully saturated rings. The molecule has 2 aromatic carbocycles. The molecule has 0 amide bonds. The summed E-state index contributed by atoms with van der Waals surface area (Å²) in [5, 5.41) is 9.96. The molecule has 140 valence electrons. The maximum atomic E-state index is 12.7. The molecule has 4 rings (SSSR count). The van der Waals surface area contributed by atoms with Crippen LogP contribution < -0.4 is 0 Å². The highest BCUT2D eigenvalue weighted by Gasteiger charge is 2.23. The van der Waals surface area contributed by atoms with Gasteiger partial charge in [0.25, 0.3) is 5.89 Å². The van der Waals surface area contributed by atoms with Crippen LogP contribution in [0.1, 0.15) is 34.2 Å². The fourth-order valence-electron chi connectivity index (χ4n) is 2.79. The molecular formula is C22H18N2O3S. The van der Waals surface area contributed by atoms with E-state index in [0.29, 0.717) is 10.8 Å². The van der Waals surface area contributed by atoms with Crippen LogP contribution in [0.4, 0.5) is 0 Å². The van der Waals surface area contributed by atoms with E-state index in [1.165, 1.54) is 16.9 Å². The first-order chi connectivity index (χ1) is 13.6. The molecule has 1 atom stereocenters. The number of nitrogens with zero attached hydrogens (tertiary/aromatic N) is 2. The van der Waals surface area contributed by atoms with Crippen molar-refractivity contribution in [2.24, 2.45) is 0 Å². The van der Waals surface area contributed by atoms with E-state index >= 15 is 0 Å². The van der Waals surface area contributed by atoms with Gasteiger partial charge in [0.2, 0.25) is 5.89 Å². The van der Waals surface area contributed by atoms with Gasteiger partial charge in [0.1, 0.15) is 4.88 Å². The molecule has 0 aliphatic carbocycles. The Balaban J connectivity index is 1.51. The first-order valence-corrected chi connectivity index (χ1v) is 9.74. The van der Waals surface area contributed by atoms with Crippen molar-refractivity contribution in [2.75, 3.05) is 0 Å². The third kappa shape index (κ3) is 3.73. The summed E-state index contributed by atoms with van der Waals surface area (Å²) in [5.74, 6) is 0.258. The Morgan fingerprint density at radius 2 is 1.75 bits per heavy atom. The molecular weight excluding hydrogens is 372 g/mol. The Kier molecular flexibility index (Phi) is 5.04. The topological polar surface area (TPSA) is 65.2 Å². The number of ether oxygens (including phenoxy) is 1. The average molecular weight is 390 g/mol. The van der Waals surface area contributed by atoms with E-state index in [-0.39, 0.29) is 5.89 Å². The van der Waals surface area contributed by atoms with Gasteiger partial charge in [-0.05, 0) is 43.0 Å². The van der Waals surface area contributed by atoms with Gasteiger partial charge in [0.15, 0.2) is 6.10 Å². The number of benzene rings is 2. The third-order valence-electron chi connectivity index (χ3n) is 4.31. The number of hydrogen-bond acceptors (Lipinski definition) is 6. The van der Waals surface area contributed by atoms with Crippen molar-refractivity contribution < 1.29 is 13.9 Å². The van der Waals surface area contributed by atoms with Crippen molar-refractivity contribution >= 4 is 17.3 Å². The van der Waals surface area contributed by atoms with Crippen LogP contribution in [0.5, 0.6) is 0 Å². The van der Waals surface area contributed by atoms with Gasteiger partial charge in [0.05, 0.1) is 0 Å². The summed E-state index contributed by atoms with van der Waals surface area (Å²) in [6.07, 6.45) is -0.648. The largest absolute Gasteiger partial charge is 0.448 e. The van der Waals surface area contributed by atoms with E-state index < -0.39 is 12.1 Å². The lowest BCUT2D eigenvalue weighted by atomic mass is 10.1. The molecule has 0 saturated heterocycles. The number of carbonyl (C=O) groups is 1. The maximum absolute atomic E-state index is 12.7. The maximum Gasteiger partial charge on any atom is 0.349 e. The predicted molar refractivity (Wildman–Crippen MR) is 108 cm³/mol. The van der Waals surface area contributed by atoms with Gasteiger partial charge in [-0.3, -0.25) is 0 Å². The van der Waals surface area contributed by atoms with Gasteiger partial charge < -0.3 is 9.15 Å². The zero-order valence-electron chi connectivity index (χ0n) is 15.5. The molecule has 0 N–H and O–H groups in total. The number of thiophene rings is 1. The molecule has 5 nitrogen and oxygen atoms in total. The van der Waals surface area contributed by atoms with E-state index in [1.54, 1.807) is 6.92 Å². The summed E-state index contributed by atoms with van der Waals surface area (Å²) in [4.78, 5) is 13.3. The van der Waals surface area contributed by atoms with E-state index in [4.69, 9.17) is 9.15 Å². The number of hydrogen-bond donors (Lipinski definition) is 0. The monoisotopic (exact) mass is 390 g/mol. The first-order valence-electron chi connectivity index (χ1n) is 8.86. The first kappa shape index (κ1) is 18.1. The molecule has 0 aliphatic heterocycles. The number of carbonyl (C=O) groups excluding carboxylic acids is 1. The fraction of sp³-hybridized carbons (Fsp3) is 0.136. The van der Waals surface area contributed by atoms with Crippen molar-refractivity contribution in [3.8, 4) is 22.6 Å². The number of aryl methyl sites for hydroxylation is 1. The van der Waals surface area contributed by atoms with Gasteiger partial charge in [0, 0.05) is 11.1 Å². The second kappa shape index (κ2) is 7.78. The van der Waals surface area contributed by atoms with Crippen LogP contribution in [0.3, 0.4) is 0 Å². The molecule has 6 heteroatoms. The normalized spacial score (nSPS) is 11.9. The lowest BCUT2D eigenvalue weighted by molar-refractivity contribution is 0.0286. The van der Waals surface area contributed by atoms with Gasteiger partial charge in [-0.2, -0.15) is 0 Å². The average Bonchev–Trinajstić information content (AvgIpc) is 3.39. The Morgan fingerprint density at radius 1 is 1.00 bits per heavy atom. The predicted octanol–water partition coefficient (Wildman–Crippen LogP) is 5.69. The molecule has 0 unspecified atom stereocenters. The minimum Gasteiger partial charge on any atom is -0.448 e. The van der Waals surface area contributed by atoms with Crippen LogP contribution >= 0.6 is 11.3 Å². The highest BCUT2D eigenvalue weighted by Crippen LogP contribution is 2.31. The van der Waals surface area contributed by atoms with Crippen LogP contribution in [0.15, 0.2) is 70.5 Å². The summed E-state index contributed by atoms with van der Waals surface area (Å²) in [7, 11) is 0. The standard InChI is InChI=1S/C22H18N2O3S/c1-14-8-10-16(11-9-14)18-12-13-28-19(18)22(25)26-15(2)20-23-24-21(27-20)17-6-4-3-5-7-17/h3-13,15H,1-2H3/t15-/m0/s1. The second-order valence-electron chi connectivity index (χ2n) is 6.39. The van der Waals surface area contributed by atoms with Gasteiger partial charge in [-0.1, -0.05) is 48.0 Å². The van der Waals surface area contributed by atoms with E-state index in [1.807, 2.05) is 73.0 Å². The second-order valence-corrected chi connectivity index (χ2v) is 7.30. The molecule has 2 aromatic heterocycles. The smallest absolute Gasteiger partial charge is 0.349 e. The van der Waals surface area contributed by atoms with Crippen molar-refractivity contribution in [1.82, 2.24) is 10.2 Å². The van der Waals surface area contributed by atoms with Crippen LogP contribution in [-0.4, -0.2) is 16.2 Å². The molecule has 0 saturated carbocycles. The van der Waals surface area contributed by atoms with Crippen LogP contribution in [0.2, 0.25) is 0 Å². The van der Waals surface area contributed by atoms with Gasteiger partial charge >= 0.3 is 5.97 Å². The molecule has 0 bridgehead atoms. The molecule has 28 heavy (non-hydrogen) atoms.